The number of halogens is 4. The van der Waals surface area contributed by atoms with Crippen LogP contribution in [0.1, 0.15) is 30.1 Å². The maximum absolute atomic E-state index is 14.7. The summed E-state index contributed by atoms with van der Waals surface area (Å²) in [4.78, 5) is 26.1. The van der Waals surface area contributed by atoms with Gasteiger partial charge in [-0.25, -0.2) is 22.9 Å². The van der Waals surface area contributed by atoms with Crippen molar-refractivity contribution in [1.82, 2.24) is 20.1 Å². The molecule has 0 amide bonds. The van der Waals surface area contributed by atoms with Crippen LogP contribution in [-0.4, -0.2) is 72.5 Å². The van der Waals surface area contributed by atoms with Crippen molar-refractivity contribution in [3.8, 4) is 0 Å². The first kappa shape index (κ1) is 24.7. The van der Waals surface area contributed by atoms with Gasteiger partial charge in [-0.2, -0.15) is 0 Å². The molecule has 11 heteroatoms. The Bertz CT molecular complexity index is 1240. The number of aromatic nitrogens is 1. The molecule has 1 atom stereocenters. The van der Waals surface area contributed by atoms with E-state index in [4.69, 9.17) is 16.3 Å². The molecular weight excluding hydrogens is 495 g/mol. The van der Waals surface area contributed by atoms with Crippen molar-refractivity contribution < 1.29 is 22.7 Å². The molecule has 0 radical (unpaired) electrons. The second-order valence-corrected chi connectivity index (χ2v) is 9.49. The number of esters is 1. The summed E-state index contributed by atoms with van der Waals surface area (Å²) in [6, 6.07) is 4.12. The van der Waals surface area contributed by atoms with Crippen molar-refractivity contribution >= 4 is 23.4 Å². The number of amidine groups is 1. The van der Waals surface area contributed by atoms with Crippen LogP contribution >= 0.6 is 11.6 Å². The third-order valence-electron chi connectivity index (χ3n) is 6.67. The lowest BCUT2D eigenvalue weighted by atomic mass is 9.94. The molecule has 36 heavy (non-hydrogen) atoms. The fourth-order valence-electron chi connectivity index (χ4n) is 4.68. The molecule has 3 heterocycles. The predicted molar refractivity (Wildman–Crippen MR) is 128 cm³/mol. The number of hydrogen-bond donors (Lipinski definition) is 1. The molecular formula is C25H25ClF3N5O2. The van der Waals surface area contributed by atoms with Gasteiger partial charge in [0.25, 0.3) is 0 Å². The van der Waals surface area contributed by atoms with Crippen molar-refractivity contribution in [3.05, 3.63) is 75.5 Å². The molecule has 1 N–H and O–H groups in total. The Labute approximate surface area is 211 Å². The first-order valence-electron chi connectivity index (χ1n) is 11.7. The molecule has 1 aromatic heterocycles. The molecule has 7 nitrogen and oxygen atoms in total. The normalized spacial score (nSPS) is 21.2. The van der Waals surface area contributed by atoms with Crippen LogP contribution in [0.25, 0.3) is 0 Å². The second-order valence-electron chi connectivity index (χ2n) is 9.08. The summed E-state index contributed by atoms with van der Waals surface area (Å²) in [6.45, 7) is 3.73. The van der Waals surface area contributed by atoms with Crippen LogP contribution in [0.15, 0.2) is 46.7 Å². The summed E-state index contributed by atoms with van der Waals surface area (Å²) in [5, 5.41) is 3.10. The largest absolute Gasteiger partial charge is 0.466 e. The molecule has 2 aromatic rings. The van der Waals surface area contributed by atoms with E-state index in [-0.39, 0.29) is 22.1 Å². The number of piperazine rings is 1. The molecule has 1 saturated carbocycles. The van der Waals surface area contributed by atoms with Gasteiger partial charge >= 0.3 is 5.97 Å². The Morgan fingerprint density at radius 2 is 1.89 bits per heavy atom. The van der Waals surface area contributed by atoms with Gasteiger partial charge in [-0.15, -0.1) is 0 Å². The Hall–Kier alpha value is -2.95. The van der Waals surface area contributed by atoms with E-state index in [0.29, 0.717) is 29.9 Å². The lowest BCUT2D eigenvalue weighted by Gasteiger charge is -2.36. The van der Waals surface area contributed by atoms with Gasteiger partial charge in [0.1, 0.15) is 23.4 Å². The minimum absolute atomic E-state index is 0.0113. The maximum Gasteiger partial charge on any atom is 0.338 e. The van der Waals surface area contributed by atoms with Crippen LogP contribution in [-0.2, 0) is 9.53 Å². The number of ether oxygens (including phenoxy) is 1. The molecule has 2 fully saturated rings. The summed E-state index contributed by atoms with van der Waals surface area (Å²) in [7, 11) is 1.26. The molecule has 1 aromatic carbocycles. The molecule has 1 unspecified atom stereocenters. The van der Waals surface area contributed by atoms with Crippen molar-refractivity contribution in [2.75, 3.05) is 39.8 Å². The fraction of sp³-hybridized carbons (Fsp3) is 0.400. The van der Waals surface area contributed by atoms with Gasteiger partial charge in [-0.05, 0) is 25.0 Å². The van der Waals surface area contributed by atoms with E-state index in [0.717, 1.165) is 38.4 Å². The van der Waals surface area contributed by atoms with Crippen molar-refractivity contribution in [2.24, 2.45) is 4.99 Å². The van der Waals surface area contributed by atoms with E-state index in [2.05, 4.69) is 25.1 Å². The monoisotopic (exact) mass is 519 g/mol. The van der Waals surface area contributed by atoms with Crippen LogP contribution in [0.2, 0.25) is 5.02 Å². The third kappa shape index (κ3) is 5.11. The van der Waals surface area contributed by atoms with Gasteiger partial charge in [0.15, 0.2) is 11.7 Å². The minimum atomic E-state index is -1.02. The number of rotatable bonds is 6. The molecule has 190 valence electrons. The Kier molecular flexibility index (Phi) is 7.00. The molecule has 1 aliphatic carbocycles. The number of methoxy groups -OCH3 is 1. The summed E-state index contributed by atoms with van der Waals surface area (Å²) in [6.07, 6.45) is 3.35. The average Bonchev–Trinajstić information content (AvgIpc) is 3.69. The predicted octanol–water partition coefficient (Wildman–Crippen LogP) is 3.45. The summed E-state index contributed by atoms with van der Waals surface area (Å²) >= 11 is 6.35. The molecule has 1 saturated heterocycles. The van der Waals surface area contributed by atoms with Gasteiger partial charge in [0.2, 0.25) is 0 Å². The topological polar surface area (TPSA) is 70.1 Å². The number of carbonyl (C=O) groups excluding carboxylic acids is 1. The number of nitrogens with zero attached hydrogens (tertiary/aromatic N) is 4. The number of aliphatic imine (C=N–C) groups is 1. The Morgan fingerprint density at radius 3 is 2.53 bits per heavy atom. The standard InChI is InChI=1S/C25H25ClF3N5O2/c1-36-25(35)21-20(13-33-6-8-34(9-7-33)16-3-4-16)31-24(23-19(29)11-15(28)12-30-23)32-22(21)17-5-2-14(27)10-18(17)26/h2,5,10-12,16,22H,3-4,6-9,13H2,1H3,(H,31,32). The second kappa shape index (κ2) is 10.2. The van der Waals surface area contributed by atoms with Crippen LogP contribution in [0.5, 0.6) is 0 Å². The SMILES string of the molecule is COC(=O)C1=C(CN2CCN(C3CC3)CC2)NC(c2ncc(F)cc2F)=NC1c1ccc(F)cc1Cl. The van der Waals surface area contributed by atoms with Gasteiger partial charge in [-0.3, -0.25) is 14.8 Å². The Balaban J connectivity index is 1.55. The third-order valence-corrected chi connectivity index (χ3v) is 7.00. The molecule has 0 bridgehead atoms. The van der Waals surface area contributed by atoms with Gasteiger partial charge < -0.3 is 10.1 Å². The number of carbonyl (C=O) groups is 1. The smallest absolute Gasteiger partial charge is 0.338 e. The highest BCUT2D eigenvalue weighted by molar-refractivity contribution is 6.31. The summed E-state index contributed by atoms with van der Waals surface area (Å²) in [5.74, 6) is -2.92. The Morgan fingerprint density at radius 1 is 1.14 bits per heavy atom. The van der Waals surface area contributed by atoms with E-state index >= 15 is 0 Å². The highest BCUT2D eigenvalue weighted by Gasteiger charge is 2.36. The number of nitrogens with one attached hydrogen (secondary N) is 1. The molecule has 3 aliphatic rings. The van der Waals surface area contributed by atoms with Crippen molar-refractivity contribution in [2.45, 2.75) is 24.9 Å². The van der Waals surface area contributed by atoms with Crippen LogP contribution in [0.4, 0.5) is 13.2 Å². The first-order chi connectivity index (χ1) is 17.3. The van der Waals surface area contributed by atoms with E-state index in [1.54, 1.807) is 0 Å². The first-order valence-corrected chi connectivity index (χ1v) is 12.1. The number of hydrogen-bond acceptors (Lipinski definition) is 7. The van der Waals surface area contributed by atoms with Crippen LogP contribution in [0, 0.1) is 17.5 Å². The van der Waals surface area contributed by atoms with Gasteiger partial charge in [0.05, 0.1) is 18.9 Å². The lowest BCUT2D eigenvalue weighted by molar-refractivity contribution is -0.136. The zero-order valence-corrected chi connectivity index (χ0v) is 20.4. The highest BCUT2D eigenvalue weighted by atomic mass is 35.5. The quantitative estimate of drug-likeness (QED) is 0.590. The summed E-state index contributed by atoms with van der Waals surface area (Å²) in [5.41, 5.74) is 0.764. The van der Waals surface area contributed by atoms with Crippen LogP contribution < -0.4 is 5.32 Å². The summed E-state index contributed by atoms with van der Waals surface area (Å²) < 4.78 is 47.1. The van der Waals surface area contributed by atoms with Crippen molar-refractivity contribution in [3.63, 3.8) is 0 Å². The highest BCUT2D eigenvalue weighted by Crippen LogP contribution is 2.37. The van der Waals surface area contributed by atoms with Crippen molar-refractivity contribution in [1.29, 1.82) is 0 Å². The lowest BCUT2D eigenvalue weighted by Crippen LogP contribution is -2.49. The average molecular weight is 520 g/mol. The molecule has 5 rings (SSSR count). The number of benzene rings is 1. The zero-order valence-electron chi connectivity index (χ0n) is 19.6. The van der Waals surface area contributed by atoms with E-state index in [1.165, 1.54) is 32.1 Å². The minimum Gasteiger partial charge on any atom is -0.466 e. The number of pyridine rings is 1. The molecule has 0 spiro atoms. The van der Waals surface area contributed by atoms with E-state index in [1.807, 2.05) is 0 Å². The zero-order chi connectivity index (χ0) is 25.4. The van der Waals surface area contributed by atoms with E-state index < -0.39 is 29.5 Å². The fourth-order valence-corrected chi connectivity index (χ4v) is 4.95. The van der Waals surface area contributed by atoms with Crippen LogP contribution in [0.3, 0.4) is 0 Å². The van der Waals surface area contributed by atoms with Gasteiger partial charge in [0, 0.05) is 61.1 Å². The van der Waals surface area contributed by atoms with E-state index in [9.17, 15) is 18.0 Å². The maximum atomic E-state index is 14.7. The van der Waals surface area contributed by atoms with Gasteiger partial charge in [-0.1, -0.05) is 17.7 Å². The molecule has 2 aliphatic heterocycles.